The lowest BCUT2D eigenvalue weighted by atomic mass is 10.2. The number of halogens is 2. The molecule has 2 rings (SSSR count). The van der Waals surface area contributed by atoms with Crippen LogP contribution in [-0.2, 0) is 6.54 Å². The standard InChI is InChI=1S/C14H15ClFNO2/c15-12-8-10(2-4-13(12)16)14-5-3-11(19-14)9-17-6-1-7-18/h2-5,8,17-18H,1,6-7,9H2. The molecule has 102 valence electrons. The lowest BCUT2D eigenvalue weighted by Crippen LogP contribution is -2.15. The SMILES string of the molecule is OCCCNCc1ccc(-c2ccc(F)c(Cl)c2)o1. The minimum Gasteiger partial charge on any atom is -0.460 e. The predicted octanol–water partition coefficient (Wildman–Crippen LogP) is 3.21. The quantitative estimate of drug-likeness (QED) is 0.800. The molecule has 0 radical (unpaired) electrons. The van der Waals surface area contributed by atoms with E-state index in [1.165, 1.54) is 6.07 Å². The van der Waals surface area contributed by atoms with E-state index < -0.39 is 5.82 Å². The highest BCUT2D eigenvalue weighted by molar-refractivity contribution is 6.31. The van der Waals surface area contributed by atoms with Gasteiger partial charge in [-0.1, -0.05) is 11.6 Å². The van der Waals surface area contributed by atoms with E-state index in [9.17, 15) is 4.39 Å². The Labute approximate surface area is 116 Å². The monoisotopic (exact) mass is 283 g/mol. The summed E-state index contributed by atoms with van der Waals surface area (Å²) in [6.45, 7) is 1.49. The summed E-state index contributed by atoms with van der Waals surface area (Å²) in [6, 6.07) is 8.17. The van der Waals surface area contributed by atoms with Gasteiger partial charge in [-0.05, 0) is 43.3 Å². The second-order valence-electron chi connectivity index (χ2n) is 4.15. The van der Waals surface area contributed by atoms with Gasteiger partial charge in [0, 0.05) is 12.2 Å². The van der Waals surface area contributed by atoms with E-state index in [1.54, 1.807) is 12.1 Å². The van der Waals surface area contributed by atoms with Gasteiger partial charge in [-0.3, -0.25) is 0 Å². The van der Waals surface area contributed by atoms with Gasteiger partial charge in [0.05, 0.1) is 11.6 Å². The van der Waals surface area contributed by atoms with Crippen molar-refractivity contribution >= 4 is 11.6 Å². The molecule has 0 unspecified atom stereocenters. The number of furan rings is 1. The van der Waals surface area contributed by atoms with E-state index in [4.69, 9.17) is 21.1 Å². The van der Waals surface area contributed by atoms with E-state index in [0.29, 0.717) is 18.7 Å². The molecule has 1 aromatic carbocycles. The molecule has 3 nitrogen and oxygen atoms in total. The number of aliphatic hydroxyl groups is 1. The minimum atomic E-state index is -0.442. The maximum Gasteiger partial charge on any atom is 0.141 e. The molecule has 1 heterocycles. The summed E-state index contributed by atoms with van der Waals surface area (Å²) < 4.78 is 18.7. The first-order valence-electron chi connectivity index (χ1n) is 6.06. The highest BCUT2D eigenvalue weighted by Crippen LogP contribution is 2.26. The molecule has 0 aliphatic heterocycles. The molecule has 0 spiro atoms. The van der Waals surface area contributed by atoms with E-state index in [1.807, 2.05) is 12.1 Å². The van der Waals surface area contributed by atoms with Crippen molar-refractivity contribution in [1.29, 1.82) is 0 Å². The smallest absolute Gasteiger partial charge is 0.141 e. The van der Waals surface area contributed by atoms with Gasteiger partial charge in [0.25, 0.3) is 0 Å². The summed E-state index contributed by atoms with van der Waals surface area (Å²) in [5.74, 6) is 0.997. The third-order valence-electron chi connectivity index (χ3n) is 2.68. The Morgan fingerprint density at radius 2 is 2.11 bits per heavy atom. The van der Waals surface area contributed by atoms with Crippen LogP contribution in [0.4, 0.5) is 4.39 Å². The second kappa shape index (κ2) is 6.70. The summed E-state index contributed by atoms with van der Waals surface area (Å²) in [6.07, 6.45) is 0.709. The van der Waals surface area contributed by atoms with Crippen LogP contribution >= 0.6 is 11.6 Å². The van der Waals surface area contributed by atoms with Crippen LogP contribution in [0.1, 0.15) is 12.2 Å². The Balaban J connectivity index is 2.01. The molecule has 0 aliphatic rings. The molecule has 0 aliphatic carbocycles. The van der Waals surface area contributed by atoms with Crippen molar-refractivity contribution in [2.24, 2.45) is 0 Å². The molecule has 2 aromatic rings. The van der Waals surface area contributed by atoms with Crippen LogP contribution in [0.2, 0.25) is 5.02 Å². The molecule has 2 N–H and O–H groups in total. The Morgan fingerprint density at radius 3 is 2.84 bits per heavy atom. The molecule has 0 saturated heterocycles. The first-order valence-corrected chi connectivity index (χ1v) is 6.44. The normalized spacial score (nSPS) is 10.9. The summed E-state index contributed by atoms with van der Waals surface area (Å²) in [5, 5.41) is 11.9. The zero-order valence-electron chi connectivity index (χ0n) is 10.3. The Morgan fingerprint density at radius 1 is 1.26 bits per heavy atom. The Kier molecular flexibility index (Phi) is 4.96. The number of rotatable bonds is 6. The van der Waals surface area contributed by atoms with Gasteiger partial charge < -0.3 is 14.8 Å². The van der Waals surface area contributed by atoms with Crippen molar-refractivity contribution < 1.29 is 13.9 Å². The number of benzene rings is 1. The number of hydrogen-bond acceptors (Lipinski definition) is 3. The van der Waals surface area contributed by atoms with E-state index in [2.05, 4.69) is 5.32 Å². The van der Waals surface area contributed by atoms with E-state index in [-0.39, 0.29) is 11.6 Å². The lowest BCUT2D eigenvalue weighted by molar-refractivity contribution is 0.285. The van der Waals surface area contributed by atoms with Gasteiger partial charge in [-0.25, -0.2) is 4.39 Å². The van der Waals surface area contributed by atoms with Crippen molar-refractivity contribution in [3.05, 3.63) is 46.9 Å². The first kappa shape index (κ1) is 14.1. The van der Waals surface area contributed by atoms with Gasteiger partial charge >= 0.3 is 0 Å². The van der Waals surface area contributed by atoms with Crippen LogP contribution in [-0.4, -0.2) is 18.3 Å². The van der Waals surface area contributed by atoms with Crippen LogP contribution in [0.5, 0.6) is 0 Å². The van der Waals surface area contributed by atoms with Crippen molar-refractivity contribution in [3.8, 4) is 11.3 Å². The van der Waals surface area contributed by atoms with Crippen LogP contribution < -0.4 is 5.32 Å². The molecular weight excluding hydrogens is 269 g/mol. The minimum absolute atomic E-state index is 0.0801. The fourth-order valence-electron chi connectivity index (χ4n) is 1.69. The third kappa shape index (κ3) is 3.80. The van der Waals surface area contributed by atoms with E-state index >= 15 is 0 Å². The maximum absolute atomic E-state index is 13.1. The van der Waals surface area contributed by atoms with Crippen molar-refractivity contribution in [3.63, 3.8) is 0 Å². The molecule has 1 aromatic heterocycles. The fraction of sp³-hybridized carbons (Fsp3) is 0.286. The molecule has 0 saturated carbocycles. The largest absolute Gasteiger partial charge is 0.460 e. The average Bonchev–Trinajstić information content (AvgIpc) is 2.87. The molecule has 0 fully saturated rings. The summed E-state index contributed by atoms with van der Waals surface area (Å²) in [7, 11) is 0. The number of aliphatic hydroxyl groups excluding tert-OH is 1. The Hall–Kier alpha value is -1.36. The molecule has 0 atom stereocenters. The fourth-order valence-corrected chi connectivity index (χ4v) is 1.87. The number of hydrogen-bond donors (Lipinski definition) is 2. The molecule has 5 heteroatoms. The molecule has 0 bridgehead atoms. The van der Waals surface area contributed by atoms with Crippen molar-refractivity contribution in [2.75, 3.05) is 13.2 Å². The first-order chi connectivity index (χ1) is 9.20. The van der Waals surface area contributed by atoms with Gasteiger partial charge in [-0.2, -0.15) is 0 Å². The van der Waals surface area contributed by atoms with Gasteiger partial charge in [0.15, 0.2) is 0 Å². The van der Waals surface area contributed by atoms with Gasteiger partial charge in [0.2, 0.25) is 0 Å². The Bertz CT molecular complexity index is 542. The lowest BCUT2D eigenvalue weighted by Gasteiger charge is -2.01. The molecular formula is C14H15ClFNO2. The summed E-state index contributed by atoms with van der Waals surface area (Å²) >= 11 is 5.74. The third-order valence-corrected chi connectivity index (χ3v) is 2.97. The van der Waals surface area contributed by atoms with Crippen molar-refractivity contribution in [2.45, 2.75) is 13.0 Å². The second-order valence-corrected chi connectivity index (χ2v) is 4.56. The van der Waals surface area contributed by atoms with Crippen LogP contribution in [0.25, 0.3) is 11.3 Å². The predicted molar refractivity (Wildman–Crippen MR) is 72.5 cm³/mol. The zero-order valence-corrected chi connectivity index (χ0v) is 11.1. The van der Waals surface area contributed by atoms with Gasteiger partial charge in [0.1, 0.15) is 17.3 Å². The van der Waals surface area contributed by atoms with Gasteiger partial charge in [-0.15, -0.1) is 0 Å². The maximum atomic E-state index is 13.1. The summed E-state index contributed by atoms with van der Waals surface area (Å²) in [5.41, 5.74) is 0.744. The average molecular weight is 284 g/mol. The van der Waals surface area contributed by atoms with Crippen molar-refractivity contribution in [1.82, 2.24) is 5.32 Å². The van der Waals surface area contributed by atoms with E-state index in [0.717, 1.165) is 17.9 Å². The van der Waals surface area contributed by atoms with Crippen LogP contribution in [0.15, 0.2) is 34.7 Å². The number of nitrogens with one attached hydrogen (secondary N) is 1. The highest BCUT2D eigenvalue weighted by atomic mass is 35.5. The van der Waals surface area contributed by atoms with Crippen LogP contribution in [0.3, 0.4) is 0 Å². The molecule has 19 heavy (non-hydrogen) atoms. The topological polar surface area (TPSA) is 45.4 Å². The highest BCUT2D eigenvalue weighted by Gasteiger charge is 2.07. The molecule has 0 amide bonds. The van der Waals surface area contributed by atoms with Crippen LogP contribution in [0, 0.1) is 5.82 Å². The zero-order chi connectivity index (χ0) is 13.7. The summed E-state index contributed by atoms with van der Waals surface area (Å²) in [4.78, 5) is 0.